The maximum Gasteiger partial charge on any atom is 0.335 e. The van der Waals surface area contributed by atoms with Crippen LogP contribution in [0.3, 0.4) is 0 Å². The van der Waals surface area contributed by atoms with E-state index in [1.54, 1.807) is 7.11 Å². The molecule has 21 heavy (non-hydrogen) atoms. The Morgan fingerprint density at radius 1 is 1.05 bits per heavy atom. The molecule has 0 aliphatic heterocycles. The van der Waals surface area contributed by atoms with Gasteiger partial charge in [-0.3, -0.25) is 4.79 Å². The highest BCUT2D eigenvalue weighted by atomic mass is 16.5. The quantitative estimate of drug-likeness (QED) is 0.884. The summed E-state index contributed by atoms with van der Waals surface area (Å²) in [5.41, 5.74) is 1.43. The normalized spacial score (nSPS) is 9.95. The third-order valence-electron chi connectivity index (χ3n) is 3.03. The zero-order chi connectivity index (χ0) is 15.2. The molecule has 0 aliphatic rings. The molecule has 0 fully saturated rings. The Balaban J connectivity index is 2.03. The number of nitrogens with one attached hydrogen (secondary N) is 1. The fourth-order valence-corrected chi connectivity index (χ4v) is 1.89. The van der Waals surface area contributed by atoms with Crippen molar-refractivity contribution in [1.29, 1.82) is 0 Å². The first kappa shape index (κ1) is 14.6. The monoisotopic (exact) mass is 285 g/mol. The summed E-state index contributed by atoms with van der Waals surface area (Å²) >= 11 is 0. The topological polar surface area (TPSA) is 75.6 Å². The van der Waals surface area contributed by atoms with E-state index in [1.165, 1.54) is 24.3 Å². The van der Waals surface area contributed by atoms with Gasteiger partial charge in [-0.05, 0) is 30.3 Å². The molecule has 0 bridgehead atoms. The Morgan fingerprint density at radius 3 is 2.29 bits per heavy atom. The van der Waals surface area contributed by atoms with Gasteiger partial charge in [0.25, 0.3) is 5.91 Å². The maximum absolute atomic E-state index is 12.0. The van der Waals surface area contributed by atoms with Crippen molar-refractivity contribution in [2.75, 3.05) is 7.11 Å². The standard InChI is InChI=1S/C16H15NO4/c1-21-14-5-3-2-4-13(14)10-17-15(18)11-6-8-12(9-7-11)16(19)20/h2-9H,10H2,1H3,(H,17,18)(H,19,20). The molecule has 0 aromatic heterocycles. The van der Waals surface area contributed by atoms with Crippen LogP contribution in [0.2, 0.25) is 0 Å². The summed E-state index contributed by atoms with van der Waals surface area (Å²) in [6.07, 6.45) is 0. The number of carbonyl (C=O) groups excluding carboxylic acids is 1. The molecule has 5 nitrogen and oxygen atoms in total. The summed E-state index contributed by atoms with van der Waals surface area (Å²) in [5.74, 6) is -0.576. The number of carboxylic acid groups (broad SMARTS) is 1. The lowest BCUT2D eigenvalue weighted by Gasteiger charge is -2.09. The number of benzene rings is 2. The van der Waals surface area contributed by atoms with Crippen LogP contribution in [0.25, 0.3) is 0 Å². The molecule has 2 aromatic carbocycles. The van der Waals surface area contributed by atoms with Crippen molar-refractivity contribution < 1.29 is 19.4 Å². The van der Waals surface area contributed by atoms with E-state index in [9.17, 15) is 9.59 Å². The van der Waals surface area contributed by atoms with Gasteiger partial charge in [0, 0.05) is 17.7 Å². The number of methoxy groups -OCH3 is 1. The molecule has 0 aliphatic carbocycles. The zero-order valence-electron chi connectivity index (χ0n) is 11.5. The number of amides is 1. The third kappa shape index (κ3) is 3.60. The van der Waals surface area contributed by atoms with Crippen molar-refractivity contribution in [1.82, 2.24) is 5.32 Å². The van der Waals surface area contributed by atoms with Crippen LogP contribution in [-0.2, 0) is 6.54 Å². The molecule has 2 aromatic rings. The summed E-state index contributed by atoms with van der Waals surface area (Å²) < 4.78 is 5.21. The molecule has 2 N–H and O–H groups in total. The van der Waals surface area contributed by atoms with Gasteiger partial charge in [0.05, 0.1) is 12.7 Å². The first-order valence-electron chi connectivity index (χ1n) is 6.35. The van der Waals surface area contributed by atoms with E-state index >= 15 is 0 Å². The van der Waals surface area contributed by atoms with Crippen LogP contribution in [0, 0.1) is 0 Å². The predicted molar refractivity (Wildman–Crippen MR) is 77.6 cm³/mol. The largest absolute Gasteiger partial charge is 0.496 e. The van der Waals surface area contributed by atoms with E-state index in [-0.39, 0.29) is 11.5 Å². The summed E-state index contributed by atoms with van der Waals surface area (Å²) in [7, 11) is 1.57. The van der Waals surface area contributed by atoms with Gasteiger partial charge < -0.3 is 15.2 Å². The molecule has 0 saturated carbocycles. The van der Waals surface area contributed by atoms with Gasteiger partial charge in [-0.25, -0.2) is 4.79 Å². The second kappa shape index (κ2) is 6.56. The number of aromatic carboxylic acids is 1. The zero-order valence-corrected chi connectivity index (χ0v) is 11.5. The average Bonchev–Trinajstić information content (AvgIpc) is 2.52. The molecule has 0 radical (unpaired) electrons. The second-order valence-corrected chi connectivity index (χ2v) is 4.38. The fourth-order valence-electron chi connectivity index (χ4n) is 1.89. The van der Waals surface area contributed by atoms with Gasteiger partial charge in [0.1, 0.15) is 5.75 Å². The molecule has 5 heteroatoms. The van der Waals surface area contributed by atoms with Gasteiger partial charge >= 0.3 is 5.97 Å². The first-order chi connectivity index (χ1) is 10.1. The minimum Gasteiger partial charge on any atom is -0.496 e. The summed E-state index contributed by atoms with van der Waals surface area (Å²) in [6, 6.07) is 13.2. The molecule has 0 unspecified atom stereocenters. The molecule has 2 rings (SSSR count). The number of carbonyl (C=O) groups is 2. The fraction of sp³-hybridized carbons (Fsp3) is 0.125. The minimum absolute atomic E-state index is 0.149. The molecule has 0 spiro atoms. The van der Waals surface area contributed by atoms with E-state index in [0.717, 1.165) is 5.56 Å². The second-order valence-electron chi connectivity index (χ2n) is 4.38. The highest BCUT2D eigenvalue weighted by Crippen LogP contribution is 2.16. The smallest absolute Gasteiger partial charge is 0.335 e. The van der Waals surface area contributed by atoms with Gasteiger partial charge in [-0.1, -0.05) is 18.2 Å². The molecule has 1 amide bonds. The Morgan fingerprint density at radius 2 is 1.67 bits per heavy atom. The molecule has 0 heterocycles. The van der Waals surface area contributed by atoms with Crippen molar-refractivity contribution in [3.8, 4) is 5.75 Å². The SMILES string of the molecule is COc1ccccc1CNC(=O)c1ccc(C(=O)O)cc1. The predicted octanol–water partition coefficient (Wildman–Crippen LogP) is 2.32. The van der Waals surface area contributed by atoms with Gasteiger partial charge in [0.15, 0.2) is 0 Å². The minimum atomic E-state index is -1.02. The van der Waals surface area contributed by atoms with Crippen LogP contribution in [0.15, 0.2) is 48.5 Å². The van der Waals surface area contributed by atoms with E-state index in [1.807, 2.05) is 24.3 Å². The van der Waals surface area contributed by atoms with E-state index < -0.39 is 5.97 Å². The number of hydrogen-bond donors (Lipinski definition) is 2. The number of para-hydroxylation sites is 1. The molecular formula is C16H15NO4. The Kier molecular flexibility index (Phi) is 4.56. The molecule has 108 valence electrons. The Bertz CT molecular complexity index is 650. The Hall–Kier alpha value is -2.82. The number of rotatable bonds is 5. The van der Waals surface area contributed by atoms with Crippen LogP contribution in [-0.4, -0.2) is 24.1 Å². The van der Waals surface area contributed by atoms with E-state index in [4.69, 9.17) is 9.84 Å². The lowest BCUT2D eigenvalue weighted by Crippen LogP contribution is -2.23. The van der Waals surface area contributed by atoms with E-state index in [0.29, 0.717) is 17.9 Å². The van der Waals surface area contributed by atoms with Crippen LogP contribution < -0.4 is 10.1 Å². The summed E-state index contributed by atoms with van der Waals surface area (Å²) in [6.45, 7) is 0.337. The third-order valence-corrected chi connectivity index (χ3v) is 3.03. The first-order valence-corrected chi connectivity index (χ1v) is 6.35. The van der Waals surface area contributed by atoms with Crippen molar-refractivity contribution in [3.05, 3.63) is 65.2 Å². The molecule has 0 saturated heterocycles. The lowest BCUT2D eigenvalue weighted by atomic mass is 10.1. The van der Waals surface area contributed by atoms with Crippen LogP contribution >= 0.6 is 0 Å². The van der Waals surface area contributed by atoms with Gasteiger partial charge in [-0.15, -0.1) is 0 Å². The number of hydrogen-bond acceptors (Lipinski definition) is 3. The van der Waals surface area contributed by atoms with Gasteiger partial charge in [0.2, 0.25) is 0 Å². The van der Waals surface area contributed by atoms with Crippen molar-refractivity contribution in [2.24, 2.45) is 0 Å². The van der Waals surface area contributed by atoms with Crippen molar-refractivity contribution >= 4 is 11.9 Å². The molecular weight excluding hydrogens is 270 g/mol. The average molecular weight is 285 g/mol. The highest BCUT2D eigenvalue weighted by molar-refractivity contribution is 5.95. The summed E-state index contributed by atoms with van der Waals surface area (Å²) in [4.78, 5) is 22.7. The Labute approximate surface area is 122 Å². The number of carboxylic acids is 1. The lowest BCUT2D eigenvalue weighted by molar-refractivity contribution is 0.0696. The molecule has 0 atom stereocenters. The van der Waals surface area contributed by atoms with Gasteiger partial charge in [-0.2, -0.15) is 0 Å². The maximum atomic E-state index is 12.0. The summed E-state index contributed by atoms with van der Waals surface area (Å²) in [5, 5.41) is 11.6. The van der Waals surface area contributed by atoms with Crippen LogP contribution in [0.4, 0.5) is 0 Å². The van der Waals surface area contributed by atoms with Crippen molar-refractivity contribution in [2.45, 2.75) is 6.54 Å². The highest BCUT2D eigenvalue weighted by Gasteiger charge is 2.09. The van der Waals surface area contributed by atoms with Crippen molar-refractivity contribution in [3.63, 3.8) is 0 Å². The van der Waals surface area contributed by atoms with E-state index in [2.05, 4.69) is 5.32 Å². The van der Waals surface area contributed by atoms with Crippen LogP contribution in [0.5, 0.6) is 5.75 Å². The van der Waals surface area contributed by atoms with Crippen LogP contribution in [0.1, 0.15) is 26.3 Å². The number of ether oxygens (including phenoxy) is 1.